The molecule has 1 aromatic rings. The second kappa shape index (κ2) is 6.58. The number of carboxylic acids is 1. The van der Waals surface area contributed by atoms with Gasteiger partial charge in [-0.3, -0.25) is 4.79 Å². The number of amides is 2. The lowest BCUT2D eigenvalue weighted by Gasteiger charge is -2.09. The number of hydrogen-bond acceptors (Lipinski definition) is 2. The van der Waals surface area contributed by atoms with Gasteiger partial charge in [0.2, 0.25) is 0 Å². The van der Waals surface area contributed by atoms with Crippen LogP contribution in [0.2, 0.25) is 0 Å². The van der Waals surface area contributed by atoms with Crippen LogP contribution in [0.5, 0.6) is 0 Å². The van der Waals surface area contributed by atoms with E-state index in [1.54, 1.807) is 12.1 Å². The Morgan fingerprint density at radius 2 is 2.11 bits per heavy atom. The Morgan fingerprint density at radius 3 is 2.72 bits per heavy atom. The summed E-state index contributed by atoms with van der Waals surface area (Å²) in [5.41, 5.74) is 0.636. The topological polar surface area (TPSA) is 78.4 Å². The molecule has 0 heterocycles. The van der Waals surface area contributed by atoms with Crippen molar-refractivity contribution in [1.82, 2.24) is 10.6 Å². The first-order valence-corrected chi connectivity index (χ1v) is 5.48. The Bertz CT molecular complexity index is 437. The lowest BCUT2D eigenvalue weighted by molar-refractivity contribution is -0.140. The van der Waals surface area contributed by atoms with Crippen molar-refractivity contribution >= 4 is 12.0 Å². The van der Waals surface area contributed by atoms with E-state index < -0.39 is 17.9 Å². The number of carbonyl (C=O) groups excluding carboxylic acids is 1. The summed E-state index contributed by atoms with van der Waals surface area (Å²) in [7, 11) is 0. The van der Waals surface area contributed by atoms with Crippen LogP contribution in [0, 0.1) is 11.7 Å². The number of rotatable bonds is 5. The van der Waals surface area contributed by atoms with Crippen LogP contribution < -0.4 is 10.6 Å². The van der Waals surface area contributed by atoms with Crippen molar-refractivity contribution in [2.45, 2.75) is 13.5 Å². The zero-order valence-corrected chi connectivity index (χ0v) is 9.94. The molecule has 5 nitrogen and oxygen atoms in total. The maximum atomic E-state index is 12.8. The van der Waals surface area contributed by atoms with Crippen LogP contribution in [-0.2, 0) is 11.3 Å². The maximum Gasteiger partial charge on any atom is 0.315 e. The molecule has 18 heavy (non-hydrogen) atoms. The maximum absolute atomic E-state index is 12.8. The van der Waals surface area contributed by atoms with Gasteiger partial charge in [0, 0.05) is 13.1 Å². The smallest absolute Gasteiger partial charge is 0.315 e. The van der Waals surface area contributed by atoms with Gasteiger partial charge in [0.15, 0.2) is 0 Å². The van der Waals surface area contributed by atoms with Crippen molar-refractivity contribution in [2.24, 2.45) is 5.92 Å². The summed E-state index contributed by atoms with van der Waals surface area (Å²) in [6.45, 7) is 1.73. The third-order valence-corrected chi connectivity index (χ3v) is 2.33. The number of aliphatic carboxylic acids is 1. The molecule has 0 aromatic heterocycles. The number of nitrogens with one attached hydrogen (secondary N) is 2. The molecule has 0 aliphatic rings. The summed E-state index contributed by atoms with van der Waals surface area (Å²) in [6, 6.07) is 5.39. The van der Waals surface area contributed by atoms with E-state index in [2.05, 4.69) is 10.6 Å². The van der Waals surface area contributed by atoms with Crippen molar-refractivity contribution in [3.8, 4) is 0 Å². The van der Waals surface area contributed by atoms with E-state index >= 15 is 0 Å². The third kappa shape index (κ3) is 4.82. The molecule has 0 aliphatic carbocycles. The van der Waals surface area contributed by atoms with E-state index in [1.807, 2.05) is 0 Å². The summed E-state index contributed by atoms with van der Waals surface area (Å²) in [5.74, 6) is -1.99. The normalized spacial score (nSPS) is 11.7. The van der Waals surface area contributed by atoms with Crippen molar-refractivity contribution in [2.75, 3.05) is 6.54 Å². The molecule has 1 atom stereocenters. The highest BCUT2D eigenvalue weighted by Gasteiger charge is 2.11. The molecule has 0 radical (unpaired) electrons. The molecule has 2 amide bonds. The first kappa shape index (κ1) is 14.0. The van der Waals surface area contributed by atoms with Crippen molar-refractivity contribution in [3.05, 3.63) is 35.6 Å². The monoisotopic (exact) mass is 254 g/mol. The average molecular weight is 254 g/mol. The van der Waals surface area contributed by atoms with E-state index in [9.17, 15) is 14.0 Å². The fourth-order valence-electron chi connectivity index (χ4n) is 1.22. The van der Waals surface area contributed by atoms with Gasteiger partial charge in [-0.15, -0.1) is 0 Å². The fourth-order valence-corrected chi connectivity index (χ4v) is 1.22. The van der Waals surface area contributed by atoms with Gasteiger partial charge in [-0.1, -0.05) is 19.1 Å². The lowest BCUT2D eigenvalue weighted by Crippen LogP contribution is -2.38. The van der Waals surface area contributed by atoms with Crippen molar-refractivity contribution in [3.63, 3.8) is 0 Å². The molecule has 1 unspecified atom stereocenters. The first-order valence-electron chi connectivity index (χ1n) is 5.48. The summed E-state index contributed by atoms with van der Waals surface area (Å²) in [5, 5.41) is 13.6. The fraction of sp³-hybridized carbons (Fsp3) is 0.333. The van der Waals surface area contributed by atoms with E-state index in [0.29, 0.717) is 5.56 Å². The highest BCUT2D eigenvalue weighted by atomic mass is 19.1. The molecule has 3 N–H and O–H groups in total. The molecular formula is C12H15FN2O3. The minimum absolute atomic E-state index is 0.0459. The minimum atomic E-state index is -0.972. The SMILES string of the molecule is CC(CNC(=O)NCc1cccc(F)c1)C(=O)O. The van der Waals surface area contributed by atoms with Gasteiger partial charge in [0.1, 0.15) is 5.82 Å². The Labute approximate surface area is 104 Å². The Morgan fingerprint density at radius 1 is 1.39 bits per heavy atom. The average Bonchev–Trinajstić information content (AvgIpc) is 2.33. The number of carboxylic acid groups (broad SMARTS) is 1. The van der Waals surface area contributed by atoms with E-state index in [4.69, 9.17) is 5.11 Å². The molecule has 0 fully saturated rings. The summed E-state index contributed by atoms with van der Waals surface area (Å²) in [6.07, 6.45) is 0. The minimum Gasteiger partial charge on any atom is -0.481 e. The molecule has 0 spiro atoms. The van der Waals surface area contributed by atoms with Crippen LogP contribution in [0.1, 0.15) is 12.5 Å². The second-order valence-corrected chi connectivity index (χ2v) is 3.93. The van der Waals surface area contributed by atoms with Gasteiger partial charge in [0.05, 0.1) is 5.92 Å². The van der Waals surface area contributed by atoms with Crippen LogP contribution >= 0.6 is 0 Å². The Balaban J connectivity index is 2.31. The lowest BCUT2D eigenvalue weighted by atomic mass is 10.2. The van der Waals surface area contributed by atoms with Gasteiger partial charge in [0.25, 0.3) is 0 Å². The standard InChI is InChI=1S/C12H15FN2O3/c1-8(11(16)17)6-14-12(18)15-7-9-3-2-4-10(13)5-9/h2-5,8H,6-7H2,1H3,(H,16,17)(H2,14,15,18). The molecule has 0 bridgehead atoms. The second-order valence-electron chi connectivity index (χ2n) is 3.93. The van der Waals surface area contributed by atoms with Gasteiger partial charge in [-0.25, -0.2) is 9.18 Å². The highest BCUT2D eigenvalue weighted by molar-refractivity contribution is 5.75. The predicted octanol–water partition coefficient (Wildman–Crippen LogP) is 1.35. The summed E-state index contributed by atoms with van der Waals surface area (Å²) >= 11 is 0. The van der Waals surface area contributed by atoms with Gasteiger partial charge in [-0.05, 0) is 17.7 Å². The van der Waals surface area contributed by atoms with Gasteiger partial charge >= 0.3 is 12.0 Å². The number of benzene rings is 1. The highest BCUT2D eigenvalue weighted by Crippen LogP contribution is 2.02. The summed E-state index contributed by atoms with van der Waals surface area (Å²) in [4.78, 5) is 21.8. The van der Waals surface area contributed by atoms with E-state index in [-0.39, 0.29) is 18.9 Å². The Hall–Kier alpha value is -2.11. The molecule has 0 saturated carbocycles. The zero-order valence-electron chi connectivity index (χ0n) is 9.94. The number of halogens is 1. The van der Waals surface area contributed by atoms with Crippen molar-refractivity contribution < 1.29 is 19.1 Å². The van der Waals surface area contributed by atoms with Gasteiger partial charge < -0.3 is 15.7 Å². The van der Waals surface area contributed by atoms with Crippen LogP contribution in [0.4, 0.5) is 9.18 Å². The van der Waals surface area contributed by atoms with Crippen LogP contribution in [0.25, 0.3) is 0 Å². The molecule has 0 aliphatic heterocycles. The molecule has 6 heteroatoms. The Kier molecular flexibility index (Phi) is 5.10. The third-order valence-electron chi connectivity index (χ3n) is 2.33. The largest absolute Gasteiger partial charge is 0.481 e. The zero-order chi connectivity index (χ0) is 13.5. The predicted molar refractivity (Wildman–Crippen MR) is 63.4 cm³/mol. The quantitative estimate of drug-likeness (QED) is 0.742. The number of carbonyl (C=O) groups is 2. The van der Waals surface area contributed by atoms with Crippen LogP contribution in [-0.4, -0.2) is 23.7 Å². The molecule has 0 saturated heterocycles. The molecule has 98 valence electrons. The number of hydrogen-bond donors (Lipinski definition) is 3. The first-order chi connectivity index (χ1) is 8.49. The van der Waals surface area contributed by atoms with Gasteiger partial charge in [-0.2, -0.15) is 0 Å². The van der Waals surface area contributed by atoms with E-state index in [0.717, 1.165) is 0 Å². The molecule has 1 rings (SSSR count). The van der Waals surface area contributed by atoms with E-state index in [1.165, 1.54) is 19.1 Å². The molecule has 1 aromatic carbocycles. The number of urea groups is 1. The van der Waals surface area contributed by atoms with Crippen LogP contribution in [0.15, 0.2) is 24.3 Å². The summed E-state index contributed by atoms with van der Waals surface area (Å²) < 4.78 is 12.8. The molecular weight excluding hydrogens is 239 g/mol. The van der Waals surface area contributed by atoms with Crippen molar-refractivity contribution in [1.29, 1.82) is 0 Å². The van der Waals surface area contributed by atoms with Crippen LogP contribution in [0.3, 0.4) is 0 Å².